The minimum absolute atomic E-state index is 0.0117. The van der Waals surface area contributed by atoms with E-state index < -0.39 is 0 Å². The standard InChI is InChI=1S/C18H20ClFN4O2/c1-12-16(17(19)24(21-12)15-6-4-14(20)5-7-15)18(26)23-9-3-8-22(10-11-23)13(2)25/h4-7H,3,8-11H2,1-2H3. The van der Waals surface area contributed by atoms with Crippen LogP contribution >= 0.6 is 11.6 Å². The summed E-state index contributed by atoms with van der Waals surface area (Å²) >= 11 is 6.43. The SMILES string of the molecule is CC(=O)N1CCCN(C(=O)c2c(C)nn(-c3ccc(F)cc3)c2Cl)CC1. The van der Waals surface area contributed by atoms with Crippen molar-refractivity contribution >= 4 is 23.4 Å². The second-order valence-electron chi connectivity index (χ2n) is 6.29. The Labute approximate surface area is 156 Å². The molecule has 1 fully saturated rings. The molecule has 1 saturated heterocycles. The summed E-state index contributed by atoms with van der Waals surface area (Å²) in [5.74, 6) is -0.548. The second-order valence-corrected chi connectivity index (χ2v) is 6.65. The zero-order chi connectivity index (χ0) is 18.8. The first-order chi connectivity index (χ1) is 12.4. The highest BCUT2D eigenvalue weighted by molar-refractivity contribution is 6.33. The molecule has 6 nitrogen and oxygen atoms in total. The number of hydrogen-bond acceptors (Lipinski definition) is 3. The van der Waals surface area contributed by atoms with Crippen LogP contribution in [0.4, 0.5) is 4.39 Å². The summed E-state index contributed by atoms with van der Waals surface area (Å²) in [6.07, 6.45) is 0.716. The molecular formula is C18H20ClFN4O2. The Morgan fingerprint density at radius 1 is 1.08 bits per heavy atom. The molecule has 2 amide bonds. The summed E-state index contributed by atoms with van der Waals surface area (Å²) in [5.41, 5.74) is 1.43. The van der Waals surface area contributed by atoms with E-state index >= 15 is 0 Å². The number of amides is 2. The fourth-order valence-corrected chi connectivity index (χ4v) is 3.44. The van der Waals surface area contributed by atoms with Gasteiger partial charge in [0.15, 0.2) is 0 Å². The van der Waals surface area contributed by atoms with Gasteiger partial charge in [0.1, 0.15) is 11.0 Å². The van der Waals surface area contributed by atoms with Crippen molar-refractivity contribution in [2.75, 3.05) is 26.2 Å². The largest absolute Gasteiger partial charge is 0.341 e. The Morgan fingerprint density at radius 3 is 2.35 bits per heavy atom. The molecule has 1 aromatic heterocycles. The summed E-state index contributed by atoms with van der Waals surface area (Å²) in [4.78, 5) is 28.0. The van der Waals surface area contributed by atoms with Crippen molar-refractivity contribution in [2.24, 2.45) is 0 Å². The first-order valence-corrected chi connectivity index (χ1v) is 8.82. The van der Waals surface area contributed by atoms with Crippen molar-refractivity contribution in [3.05, 3.63) is 46.5 Å². The molecule has 0 atom stereocenters. The monoisotopic (exact) mass is 378 g/mol. The number of benzene rings is 1. The number of carbonyl (C=O) groups excluding carboxylic acids is 2. The van der Waals surface area contributed by atoms with E-state index in [9.17, 15) is 14.0 Å². The van der Waals surface area contributed by atoms with E-state index in [1.807, 2.05) is 0 Å². The molecule has 0 saturated carbocycles. The van der Waals surface area contributed by atoms with E-state index in [0.717, 1.165) is 0 Å². The Balaban J connectivity index is 1.86. The van der Waals surface area contributed by atoms with E-state index in [1.165, 1.54) is 23.7 Å². The molecule has 0 bridgehead atoms. The van der Waals surface area contributed by atoms with Gasteiger partial charge in [-0.05, 0) is 37.6 Å². The predicted molar refractivity (Wildman–Crippen MR) is 96.0 cm³/mol. The predicted octanol–water partition coefficient (Wildman–Crippen LogP) is 2.67. The third-order valence-electron chi connectivity index (χ3n) is 4.52. The van der Waals surface area contributed by atoms with E-state index in [4.69, 9.17) is 11.6 Å². The number of aryl methyl sites for hydroxylation is 1. The fourth-order valence-electron chi connectivity index (χ4n) is 3.09. The summed E-state index contributed by atoms with van der Waals surface area (Å²) < 4.78 is 14.6. The van der Waals surface area contributed by atoms with Crippen LogP contribution in [-0.4, -0.2) is 57.6 Å². The molecular weight excluding hydrogens is 359 g/mol. The van der Waals surface area contributed by atoms with Gasteiger partial charge in [0, 0.05) is 33.1 Å². The van der Waals surface area contributed by atoms with E-state index in [0.29, 0.717) is 49.5 Å². The molecule has 1 aromatic carbocycles. The maximum atomic E-state index is 13.1. The number of rotatable bonds is 2. The van der Waals surface area contributed by atoms with Crippen LogP contribution in [0.5, 0.6) is 0 Å². The van der Waals surface area contributed by atoms with Crippen molar-refractivity contribution in [3.63, 3.8) is 0 Å². The smallest absolute Gasteiger partial charge is 0.258 e. The van der Waals surface area contributed by atoms with Gasteiger partial charge in [-0.25, -0.2) is 9.07 Å². The molecule has 1 aliphatic rings. The molecule has 138 valence electrons. The molecule has 2 aromatic rings. The zero-order valence-electron chi connectivity index (χ0n) is 14.7. The van der Waals surface area contributed by atoms with E-state index in [1.54, 1.807) is 28.9 Å². The van der Waals surface area contributed by atoms with Crippen molar-refractivity contribution in [1.82, 2.24) is 19.6 Å². The van der Waals surface area contributed by atoms with Gasteiger partial charge in [-0.2, -0.15) is 5.10 Å². The minimum Gasteiger partial charge on any atom is -0.341 e. The highest BCUT2D eigenvalue weighted by Gasteiger charge is 2.27. The van der Waals surface area contributed by atoms with Crippen LogP contribution in [0.15, 0.2) is 24.3 Å². The molecule has 0 radical (unpaired) electrons. The van der Waals surface area contributed by atoms with Crippen LogP contribution in [-0.2, 0) is 4.79 Å². The van der Waals surface area contributed by atoms with Gasteiger partial charge in [-0.1, -0.05) is 11.6 Å². The molecule has 0 N–H and O–H groups in total. The van der Waals surface area contributed by atoms with Crippen molar-refractivity contribution < 1.29 is 14.0 Å². The number of aromatic nitrogens is 2. The van der Waals surface area contributed by atoms with Gasteiger partial charge in [0.2, 0.25) is 5.91 Å². The molecule has 0 aliphatic carbocycles. The Hall–Kier alpha value is -2.41. The maximum absolute atomic E-state index is 13.1. The lowest BCUT2D eigenvalue weighted by atomic mass is 10.2. The first kappa shape index (κ1) is 18.4. The van der Waals surface area contributed by atoms with Gasteiger partial charge < -0.3 is 9.80 Å². The fraction of sp³-hybridized carbons (Fsp3) is 0.389. The van der Waals surface area contributed by atoms with Crippen LogP contribution in [0.1, 0.15) is 29.4 Å². The Bertz CT molecular complexity index is 834. The average Bonchev–Trinajstić information content (AvgIpc) is 2.79. The Kier molecular flexibility index (Phi) is 5.27. The molecule has 0 unspecified atom stereocenters. The van der Waals surface area contributed by atoms with Gasteiger partial charge >= 0.3 is 0 Å². The molecule has 3 rings (SSSR count). The van der Waals surface area contributed by atoms with Crippen LogP contribution in [0.3, 0.4) is 0 Å². The summed E-state index contributed by atoms with van der Waals surface area (Å²) in [6, 6.07) is 5.74. The first-order valence-electron chi connectivity index (χ1n) is 8.44. The molecule has 26 heavy (non-hydrogen) atoms. The number of halogens is 2. The second kappa shape index (κ2) is 7.45. The topological polar surface area (TPSA) is 58.4 Å². The Morgan fingerprint density at radius 2 is 1.69 bits per heavy atom. The van der Waals surface area contributed by atoms with Crippen molar-refractivity contribution in [3.8, 4) is 5.69 Å². The average molecular weight is 379 g/mol. The third-order valence-corrected chi connectivity index (χ3v) is 4.87. The van der Waals surface area contributed by atoms with Gasteiger partial charge in [-0.3, -0.25) is 9.59 Å². The normalized spacial score (nSPS) is 15.1. The lowest BCUT2D eigenvalue weighted by Gasteiger charge is -2.21. The highest BCUT2D eigenvalue weighted by atomic mass is 35.5. The van der Waals surface area contributed by atoms with Gasteiger partial charge in [0.25, 0.3) is 5.91 Å². The highest BCUT2D eigenvalue weighted by Crippen LogP contribution is 2.25. The number of hydrogen-bond donors (Lipinski definition) is 0. The summed E-state index contributed by atoms with van der Waals surface area (Å²) in [6.45, 7) is 5.41. The molecule has 8 heteroatoms. The van der Waals surface area contributed by atoms with Crippen LogP contribution in [0.25, 0.3) is 5.69 Å². The van der Waals surface area contributed by atoms with Crippen molar-refractivity contribution in [1.29, 1.82) is 0 Å². The maximum Gasteiger partial charge on any atom is 0.258 e. The molecule has 1 aliphatic heterocycles. The summed E-state index contributed by atoms with van der Waals surface area (Å²) in [7, 11) is 0. The lowest BCUT2D eigenvalue weighted by molar-refractivity contribution is -0.128. The summed E-state index contributed by atoms with van der Waals surface area (Å²) in [5, 5.41) is 4.54. The third kappa shape index (κ3) is 3.58. The number of carbonyl (C=O) groups is 2. The quantitative estimate of drug-likeness (QED) is 0.807. The van der Waals surface area contributed by atoms with E-state index in [2.05, 4.69) is 5.10 Å². The van der Waals surface area contributed by atoms with Crippen LogP contribution in [0.2, 0.25) is 5.15 Å². The molecule has 2 heterocycles. The zero-order valence-corrected chi connectivity index (χ0v) is 15.5. The van der Waals surface area contributed by atoms with Crippen LogP contribution < -0.4 is 0 Å². The minimum atomic E-state index is -0.357. The molecule has 0 spiro atoms. The van der Waals surface area contributed by atoms with Crippen molar-refractivity contribution in [2.45, 2.75) is 20.3 Å². The van der Waals surface area contributed by atoms with Gasteiger partial charge in [0.05, 0.1) is 16.9 Å². The van der Waals surface area contributed by atoms with Gasteiger partial charge in [-0.15, -0.1) is 0 Å². The van der Waals surface area contributed by atoms with Crippen LogP contribution in [0, 0.1) is 12.7 Å². The van der Waals surface area contributed by atoms with E-state index in [-0.39, 0.29) is 22.8 Å². The lowest BCUT2D eigenvalue weighted by Crippen LogP contribution is -2.36. The number of nitrogens with zero attached hydrogens (tertiary/aromatic N) is 4.